The monoisotopic (exact) mass is 701 g/mol. The van der Waals surface area contributed by atoms with Gasteiger partial charge < -0.3 is 21.1 Å². The lowest BCUT2D eigenvalue weighted by molar-refractivity contribution is -0.130. The summed E-state index contributed by atoms with van der Waals surface area (Å²) in [6.45, 7) is 8.29. The highest BCUT2D eigenvalue weighted by molar-refractivity contribution is 7.92. The minimum Gasteiger partial charge on any atom is -0.390 e. The highest BCUT2D eigenvalue weighted by Crippen LogP contribution is 2.26. The molecule has 0 saturated heterocycles. The molecule has 0 aliphatic carbocycles. The van der Waals surface area contributed by atoms with E-state index in [0.29, 0.717) is 25.8 Å². The number of hydrogen-bond acceptors (Lipinski definition) is 6. The van der Waals surface area contributed by atoms with Gasteiger partial charge in [0.1, 0.15) is 0 Å². The molecular weight excluding hydrogens is 651 g/mol. The average molecular weight is 702 g/mol. The van der Waals surface area contributed by atoms with E-state index in [1.54, 1.807) is 0 Å². The second kappa shape index (κ2) is 17.6. The Labute approximate surface area is 296 Å². The number of sulfone groups is 1. The molecule has 0 bridgehead atoms. The molecule has 10 heteroatoms. The van der Waals surface area contributed by atoms with Gasteiger partial charge in [-0.2, -0.15) is 0 Å². The van der Waals surface area contributed by atoms with E-state index in [-0.39, 0.29) is 24.2 Å². The summed E-state index contributed by atoms with van der Waals surface area (Å²) in [6, 6.07) is 26.6. The Kier molecular flexibility index (Phi) is 13.5. The minimum atomic E-state index is -4.16. The van der Waals surface area contributed by atoms with Crippen molar-refractivity contribution in [2.45, 2.75) is 77.3 Å². The number of rotatable bonds is 17. The Morgan fingerprint density at radius 1 is 0.740 bits per heavy atom. The van der Waals surface area contributed by atoms with E-state index in [1.165, 1.54) is 0 Å². The van der Waals surface area contributed by atoms with Crippen molar-refractivity contribution in [3.05, 3.63) is 96.1 Å². The van der Waals surface area contributed by atoms with Crippen molar-refractivity contribution in [2.75, 3.05) is 12.8 Å². The molecule has 0 fully saturated rings. The van der Waals surface area contributed by atoms with E-state index < -0.39 is 45.1 Å². The zero-order valence-corrected chi connectivity index (χ0v) is 30.5. The summed E-state index contributed by atoms with van der Waals surface area (Å²) in [5.41, 5.74) is 1.85. The van der Waals surface area contributed by atoms with Crippen LogP contribution in [0.15, 0.2) is 84.9 Å². The van der Waals surface area contributed by atoms with Crippen LogP contribution in [0.2, 0.25) is 0 Å². The first kappa shape index (κ1) is 38.5. The van der Waals surface area contributed by atoms with Gasteiger partial charge in [-0.1, -0.05) is 119 Å². The van der Waals surface area contributed by atoms with Crippen molar-refractivity contribution < 1.29 is 27.9 Å². The Morgan fingerprint density at radius 3 is 1.76 bits per heavy atom. The molecular formula is C40H51N3O6S. The second-order valence-electron chi connectivity index (χ2n) is 13.9. The molecule has 0 aliphatic heterocycles. The quantitative estimate of drug-likeness (QED) is 0.117. The fourth-order valence-electron chi connectivity index (χ4n) is 6.26. The highest BCUT2D eigenvalue weighted by atomic mass is 32.2. The molecule has 0 radical (unpaired) electrons. The van der Waals surface area contributed by atoms with Crippen LogP contribution in [0.4, 0.5) is 0 Å². The van der Waals surface area contributed by atoms with E-state index in [4.69, 9.17) is 0 Å². The number of nitrogens with one attached hydrogen (secondary N) is 3. The third kappa shape index (κ3) is 10.6. The molecule has 0 saturated carbocycles. The third-order valence-electron chi connectivity index (χ3n) is 9.26. The Bertz CT molecular complexity index is 1800. The van der Waals surface area contributed by atoms with Crippen molar-refractivity contribution >= 4 is 49.1 Å². The van der Waals surface area contributed by atoms with Gasteiger partial charge in [-0.15, -0.1) is 0 Å². The SMILES string of the molecule is CC[C@H](C)CNC(=O)C[C@@H](O)[C@H](CC(C)C)NC(=O)C(NC(=O)C(Cc1cccc2ccccc12)Cc1cccc2ccccc12)S(C)(=O)=O. The number of aliphatic hydroxyl groups is 1. The molecule has 50 heavy (non-hydrogen) atoms. The van der Waals surface area contributed by atoms with E-state index in [1.807, 2.05) is 113 Å². The van der Waals surface area contributed by atoms with Crippen molar-refractivity contribution in [3.8, 4) is 0 Å². The van der Waals surface area contributed by atoms with Crippen LogP contribution >= 0.6 is 0 Å². The number of hydrogen-bond donors (Lipinski definition) is 4. The summed E-state index contributed by atoms with van der Waals surface area (Å²) in [5.74, 6) is -2.35. The van der Waals surface area contributed by atoms with E-state index in [2.05, 4.69) is 16.0 Å². The number of amides is 3. The predicted octanol–water partition coefficient (Wildman–Crippen LogP) is 5.33. The summed E-state index contributed by atoms with van der Waals surface area (Å²) in [6.07, 6.45) is 1.16. The summed E-state index contributed by atoms with van der Waals surface area (Å²) in [7, 11) is -4.16. The number of benzene rings is 4. The maximum Gasteiger partial charge on any atom is 0.258 e. The van der Waals surface area contributed by atoms with Gasteiger partial charge in [-0.3, -0.25) is 14.4 Å². The van der Waals surface area contributed by atoms with Crippen molar-refractivity contribution in [2.24, 2.45) is 17.8 Å². The van der Waals surface area contributed by atoms with Gasteiger partial charge in [0.25, 0.3) is 5.91 Å². The number of fused-ring (bicyclic) bond motifs is 2. The molecule has 4 aromatic rings. The summed E-state index contributed by atoms with van der Waals surface area (Å²) >= 11 is 0. The van der Waals surface area contributed by atoms with Crippen molar-refractivity contribution in [1.82, 2.24) is 16.0 Å². The van der Waals surface area contributed by atoms with E-state index in [9.17, 15) is 27.9 Å². The number of carbonyl (C=O) groups excluding carboxylic acids is 3. The zero-order chi connectivity index (χ0) is 36.4. The first-order valence-electron chi connectivity index (χ1n) is 17.4. The van der Waals surface area contributed by atoms with E-state index >= 15 is 0 Å². The van der Waals surface area contributed by atoms with Crippen LogP contribution in [0.5, 0.6) is 0 Å². The molecule has 0 aliphatic rings. The fourth-order valence-corrected chi connectivity index (χ4v) is 7.05. The maximum atomic E-state index is 14.2. The van der Waals surface area contributed by atoms with Gasteiger partial charge in [-0.05, 0) is 63.8 Å². The molecule has 4 atom stereocenters. The smallest absolute Gasteiger partial charge is 0.258 e. The lowest BCUT2D eigenvalue weighted by Crippen LogP contribution is -2.56. The molecule has 268 valence electrons. The third-order valence-corrected chi connectivity index (χ3v) is 10.4. The Balaban J connectivity index is 1.61. The molecule has 1 unspecified atom stereocenters. The fraction of sp³-hybridized carbons (Fsp3) is 0.425. The summed E-state index contributed by atoms with van der Waals surface area (Å²) in [5, 5.41) is 21.2. The average Bonchev–Trinajstić information content (AvgIpc) is 3.08. The largest absolute Gasteiger partial charge is 0.390 e. The van der Waals surface area contributed by atoms with Crippen molar-refractivity contribution in [3.63, 3.8) is 0 Å². The maximum absolute atomic E-state index is 14.2. The van der Waals surface area contributed by atoms with Crippen LogP contribution in [0.1, 0.15) is 58.1 Å². The lowest BCUT2D eigenvalue weighted by atomic mass is 9.88. The topological polar surface area (TPSA) is 142 Å². The molecule has 0 spiro atoms. The number of aliphatic hydroxyl groups excluding tert-OH is 1. The lowest BCUT2D eigenvalue weighted by Gasteiger charge is -2.28. The first-order chi connectivity index (χ1) is 23.8. The Hall–Kier alpha value is -4.28. The van der Waals surface area contributed by atoms with Crippen LogP contribution < -0.4 is 16.0 Å². The van der Waals surface area contributed by atoms with Crippen LogP contribution in [0, 0.1) is 17.8 Å². The van der Waals surface area contributed by atoms with Crippen LogP contribution in [-0.2, 0) is 37.1 Å². The number of carbonyl (C=O) groups is 3. The first-order valence-corrected chi connectivity index (χ1v) is 19.4. The van der Waals surface area contributed by atoms with Gasteiger partial charge in [0.05, 0.1) is 18.6 Å². The highest BCUT2D eigenvalue weighted by Gasteiger charge is 2.36. The van der Waals surface area contributed by atoms with Crippen LogP contribution in [0.25, 0.3) is 21.5 Å². The van der Waals surface area contributed by atoms with Gasteiger partial charge in [0.15, 0.2) is 9.84 Å². The van der Waals surface area contributed by atoms with Crippen LogP contribution in [0.3, 0.4) is 0 Å². The summed E-state index contributed by atoms with van der Waals surface area (Å²) < 4.78 is 26.2. The molecule has 0 aromatic heterocycles. The van der Waals surface area contributed by atoms with Gasteiger partial charge >= 0.3 is 0 Å². The predicted molar refractivity (Wildman–Crippen MR) is 200 cm³/mol. The molecule has 4 N–H and O–H groups in total. The Morgan fingerprint density at radius 2 is 1.26 bits per heavy atom. The van der Waals surface area contributed by atoms with Crippen molar-refractivity contribution in [1.29, 1.82) is 0 Å². The minimum absolute atomic E-state index is 0.00942. The van der Waals surface area contributed by atoms with Gasteiger partial charge in [-0.25, -0.2) is 8.42 Å². The molecule has 4 aromatic carbocycles. The van der Waals surface area contributed by atoms with Gasteiger partial charge in [0.2, 0.25) is 17.2 Å². The molecule has 9 nitrogen and oxygen atoms in total. The summed E-state index contributed by atoms with van der Waals surface area (Å²) in [4.78, 5) is 40.5. The molecule has 3 amide bonds. The van der Waals surface area contributed by atoms with Gasteiger partial charge in [0, 0.05) is 18.7 Å². The molecule has 0 heterocycles. The standard InChI is InChI=1S/C40H51N3O6S/c1-6-27(4)25-41-37(45)24-36(44)35(21-26(2)3)42-39(47)40(50(5,48)49)43-38(46)32(22-30-17-11-15-28-13-7-9-19-33(28)30)23-31-18-12-16-29-14-8-10-20-34(29)31/h7-20,26-27,32,35-36,40,44H,6,21-25H2,1-5H3,(H,41,45)(H,42,47)(H,43,46)/t27-,35-,36+,40?/m0/s1. The second-order valence-corrected chi connectivity index (χ2v) is 16.1. The van der Waals surface area contributed by atoms with E-state index in [0.717, 1.165) is 45.3 Å². The zero-order valence-electron chi connectivity index (χ0n) is 29.7. The van der Waals surface area contributed by atoms with Crippen LogP contribution in [-0.4, -0.2) is 61.6 Å². The molecule has 4 rings (SSSR count). The normalized spacial score (nSPS) is 14.3.